The molecule has 2 N–H and O–H groups in total. The monoisotopic (exact) mass is 406 g/mol. The molecular formula is C23H26N4O3. The molecule has 0 atom stereocenters. The van der Waals surface area contributed by atoms with Gasteiger partial charge in [-0.3, -0.25) is 14.3 Å². The lowest BCUT2D eigenvalue weighted by atomic mass is 10.1. The summed E-state index contributed by atoms with van der Waals surface area (Å²) in [4.78, 5) is 24.4. The molecule has 0 saturated heterocycles. The standard InChI is InChI=1S/C23H26N4O3/c1-17-7-9-18(10-8-17)11-12-24-23(29)16-27-15-20(14-25-27)26-22(28)13-19-5-3-4-6-21(19)30-2/h3-10,14-15H,11-13,16H2,1-2H3,(H,24,29)(H,26,28). The van der Waals surface area contributed by atoms with Crippen LogP contribution in [0.15, 0.2) is 60.9 Å². The minimum Gasteiger partial charge on any atom is -0.496 e. The summed E-state index contributed by atoms with van der Waals surface area (Å²) in [5.41, 5.74) is 3.74. The van der Waals surface area contributed by atoms with Gasteiger partial charge >= 0.3 is 0 Å². The van der Waals surface area contributed by atoms with Crippen molar-refractivity contribution in [2.24, 2.45) is 0 Å². The van der Waals surface area contributed by atoms with E-state index in [0.29, 0.717) is 18.0 Å². The number of methoxy groups -OCH3 is 1. The van der Waals surface area contributed by atoms with Gasteiger partial charge in [-0.1, -0.05) is 48.0 Å². The van der Waals surface area contributed by atoms with Crippen LogP contribution in [0.2, 0.25) is 0 Å². The number of carbonyl (C=O) groups is 2. The summed E-state index contributed by atoms with van der Waals surface area (Å²) < 4.78 is 6.77. The summed E-state index contributed by atoms with van der Waals surface area (Å²) in [5.74, 6) is 0.365. The van der Waals surface area contributed by atoms with Crippen molar-refractivity contribution in [3.05, 3.63) is 77.6 Å². The molecule has 0 saturated carbocycles. The van der Waals surface area contributed by atoms with Crippen molar-refractivity contribution in [3.8, 4) is 5.75 Å². The number of rotatable bonds is 9. The fourth-order valence-electron chi connectivity index (χ4n) is 3.05. The quantitative estimate of drug-likeness (QED) is 0.572. The fraction of sp³-hybridized carbons (Fsp3) is 0.261. The number of aryl methyl sites for hydroxylation is 1. The number of amides is 2. The second-order valence-electron chi connectivity index (χ2n) is 7.05. The van der Waals surface area contributed by atoms with E-state index in [2.05, 4.69) is 40.0 Å². The van der Waals surface area contributed by atoms with Gasteiger partial charge in [-0.2, -0.15) is 5.10 Å². The first-order valence-electron chi connectivity index (χ1n) is 9.80. The first kappa shape index (κ1) is 21.1. The number of hydrogen-bond acceptors (Lipinski definition) is 4. The molecule has 0 radical (unpaired) electrons. The van der Waals surface area contributed by atoms with Crippen LogP contribution in [0.25, 0.3) is 0 Å². The van der Waals surface area contributed by atoms with Crippen LogP contribution in [0.1, 0.15) is 16.7 Å². The van der Waals surface area contributed by atoms with Crippen LogP contribution in [-0.4, -0.2) is 35.2 Å². The largest absolute Gasteiger partial charge is 0.496 e. The Balaban J connectivity index is 1.44. The lowest BCUT2D eigenvalue weighted by Crippen LogP contribution is -2.29. The Morgan fingerprint density at radius 2 is 1.83 bits per heavy atom. The predicted octanol–water partition coefficient (Wildman–Crippen LogP) is 2.74. The molecule has 7 heteroatoms. The molecule has 1 aromatic heterocycles. The lowest BCUT2D eigenvalue weighted by molar-refractivity contribution is -0.121. The topological polar surface area (TPSA) is 85.2 Å². The van der Waals surface area contributed by atoms with Crippen molar-refractivity contribution >= 4 is 17.5 Å². The number of anilines is 1. The number of carbonyl (C=O) groups excluding carboxylic acids is 2. The number of nitrogens with one attached hydrogen (secondary N) is 2. The molecule has 7 nitrogen and oxygen atoms in total. The average molecular weight is 406 g/mol. The van der Waals surface area contributed by atoms with Crippen molar-refractivity contribution in [3.63, 3.8) is 0 Å². The molecule has 2 aromatic carbocycles. The van der Waals surface area contributed by atoms with Gasteiger partial charge in [-0.25, -0.2) is 0 Å². The summed E-state index contributed by atoms with van der Waals surface area (Å²) in [5, 5.41) is 9.83. The zero-order valence-electron chi connectivity index (χ0n) is 17.2. The molecule has 156 valence electrons. The fourth-order valence-corrected chi connectivity index (χ4v) is 3.05. The van der Waals surface area contributed by atoms with E-state index >= 15 is 0 Å². The van der Waals surface area contributed by atoms with Gasteiger partial charge < -0.3 is 15.4 Å². The molecule has 0 unspecified atom stereocenters. The Labute approximate surface area is 176 Å². The highest BCUT2D eigenvalue weighted by molar-refractivity contribution is 5.92. The number of hydrogen-bond donors (Lipinski definition) is 2. The third kappa shape index (κ3) is 6.20. The summed E-state index contributed by atoms with van der Waals surface area (Å²) in [6, 6.07) is 15.6. The molecule has 0 fully saturated rings. The van der Waals surface area contributed by atoms with Crippen LogP contribution in [-0.2, 0) is 29.0 Å². The minimum absolute atomic E-state index is 0.0935. The van der Waals surface area contributed by atoms with Gasteiger partial charge in [0.05, 0.1) is 25.4 Å². The highest BCUT2D eigenvalue weighted by Gasteiger charge is 2.10. The zero-order chi connectivity index (χ0) is 21.3. The average Bonchev–Trinajstić information content (AvgIpc) is 3.16. The van der Waals surface area contributed by atoms with Crippen molar-refractivity contribution in [1.29, 1.82) is 0 Å². The third-order valence-corrected chi connectivity index (χ3v) is 4.62. The zero-order valence-corrected chi connectivity index (χ0v) is 17.2. The highest BCUT2D eigenvalue weighted by atomic mass is 16.5. The second kappa shape index (κ2) is 10.2. The van der Waals surface area contributed by atoms with Crippen molar-refractivity contribution in [2.75, 3.05) is 19.0 Å². The molecule has 2 amide bonds. The molecule has 0 aliphatic heterocycles. The smallest absolute Gasteiger partial charge is 0.241 e. The molecule has 1 heterocycles. The molecule has 0 aliphatic rings. The summed E-state index contributed by atoms with van der Waals surface area (Å²) >= 11 is 0. The van der Waals surface area contributed by atoms with Gasteiger partial charge in [-0.15, -0.1) is 0 Å². The van der Waals surface area contributed by atoms with E-state index in [4.69, 9.17) is 4.74 Å². The maximum absolute atomic E-state index is 12.3. The Kier molecular flexibility index (Phi) is 7.21. The first-order chi connectivity index (χ1) is 14.5. The van der Waals surface area contributed by atoms with E-state index in [9.17, 15) is 9.59 Å². The van der Waals surface area contributed by atoms with Crippen LogP contribution in [0.4, 0.5) is 5.69 Å². The van der Waals surface area contributed by atoms with Gasteiger partial charge in [0.25, 0.3) is 0 Å². The van der Waals surface area contributed by atoms with Crippen LogP contribution in [0.5, 0.6) is 5.75 Å². The SMILES string of the molecule is COc1ccccc1CC(=O)Nc1cnn(CC(=O)NCCc2ccc(C)cc2)c1. The third-order valence-electron chi connectivity index (χ3n) is 4.62. The second-order valence-corrected chi connectivity index (χ2v) is 7.05. The molecular weight excluding hydrogens is 380 g/mol. The number of nitrogens with zero attached hydrogens (tertiary/aromatic N) is 2. The van der Waals surface area contributed by atoms with E-state index < -0.39 is 0 Å². The number of aromatic nitrogens is 2. The van der Waals surface area contributed by atoms with E-state index in [-0.39, 0.29) is 24.8 Å². The molecule has 3 rings (SSSR count). The van der Waals surface area contributed by atoms with Crippen molar-refractivity contribution < 1.29 is 14.3 Å². The highest BCUT2D eigenvalue weighted by Crippen LogP contribution is 2.18. The van der Waals surface area contributed by atoms with Gasteiger partial charge in [0, 0.05) is 18.3 Å². The molecule has 0 spiro atoms. The van der Waals surface area contributed by atoms with E-state index in [1.807, 2.05) is 31.2 Å². The molecule has 0 bridgehead atoms. The normalized spacial score (nSPS) is 10.5. The lowest BCUT2D eigenvalue weighted by Gasteiger charge is -2.08. The van der Waals surface area contributed by atoms with Crippen molar-refractivity contribution in [1.82, 2.24) is 15.1 Å². The Bertz CT molecular complexity index is 996. The van der Waals surface area contributed by atoms with Crippen LogP contribution < -0.4 is 15.4 Å². The van der Waals surface area contributed by atoms with Crippen LogP contribution in [0.3, 0.4) is 0 Å². The van der Waals surface area contributed by atoms with Crippen LogP contribution in [0, 0.1) is 6.92 Å². The summed E-state index contributed by atoms with van der Waals surface area (Å²) in [7, 11) is 1.58. The Morgan fingerprint density at radius 1 is 1.07 bits per heavy atom. The minimum atomic E-state index is -0.179. The maximum atomic E-state index is 12.3. The molecule has 3 aromatic rings. The predicted molar refractivity (Wildman–Crippen MR) is 115 cm³/mol. The number of ether oxygens (including phenoxy) is 1. The Morgan fingerprint density at radius 3 is 2.60 bits per heavy atom. The number of benzene rings is 2. The summed E-state index contributed by atoms with van der Waals surface area (Å²) in [6.07, 6.45) is 4.13. The van der Waals surface area contributed by atoms with Crippen molar-refractivity contribution in [2.45, 2.75) is 26.3 Å². The summed E-state index contributed by atoms with van der Waals surface area (Å²) in [6.45, 7) is 2.70. The maximum Gasteiger partial charge on any atom is 0.241 e. The van der Waals surface area contributed by atoms with E-state index in [0.717, 1.165) is 12.0 Å². The van der Waals surface area contributed by atoms with Gasteiger partial charge in [0.15, 0.2) is 0 Å². The van der Waals surface area contributed by atoms with E-state index in [1.54, 1.807) is 13.3 Å². The van der Waals surface area contributed by atoms with E-state index in [1.165, 1.54) is 22.0 Å². The molecule has 0 aliphatic carbocycles. The van der Waals surface area contributed by atoms with Gasteiger partial charge in [0.1, 0.15) is 12.3 Å². The first-order valence-corrected chi connectivity index (χ1v) is 9.80. The number of para-hydroxylation sites is 1. The van der Waals surface area contributed by atoms with Crippen LogP contribution >= 0.6 is 0 Å². The van der Waals surface area contributed by atoms with Gasteiger partial charge in [-0.05, 0) is 25.0 Å². The Hall–Kier alpha value is -3.61. The van der Waals surface area contributed by atoms with Gasteiger partial charge in [0.2, 0.25) is 11.8 Å². The molecule has 30 heavy (non-hydrogen) atoms.